The Morgan fingerprint density at radius 1 is 0.480 bits per heavy atom. The van der Waals surface area contributed by atoms with Gasteiger partial charge in [-0.15, -0.1) is 0 Å². The van der Waals surface area contributed by atoms with Crippen molar-refractivity contribution < 1.29 is 39.5 Å². The van der Waals surface area contributed by atoms with Gasteiger partial charge in [-0.05, 0) is 0 Å². The molecule has 0 heterocycles. The van der Waals surface area contributed by atoms with E-state index in [-0.39, 0.29) is 0 Å². The molecule has 136 valence electrons. The molecule has 0 aliphatic carbocycles. The van der Waals surface area contributed by atoms with Gasteiger partial charge in [0.25, 0.3) is 0 Å². The van der Waals surface area contributed by atoms with Crippen LogP contribution in [0.5, 0.6) is 0 Å². The monoisotopic (exact) mass is 374 g/mol. The summed E-state index contributed by atoms with van der Waals surface area (Å²) in [5, 5.41) is 1.19. The number of hydrogen-bond donors (Lipinski definition) is 1. The van der Waals surface area contributed by atoms with Crippen LogP contribution in [0.25, 0.3) is 0 Å². The number of halogens is 9. The highest BCUT2D eigenvalue weighted by molar-refractivity contribution is 5.66. The Morgan fingerprint density at radius 3 is 1.08 bits per heavy atom. The van der Waals surface area contributed by atoms with Crippen molar-refractivity contribution >= 4 is 17.1 Å². The van der Waals surface area contributed by atoms with E-state index in [0.717, 1.165) is 14.1 Å². The smallest absolute Gasteiger partial charge is 0.200 e. The van der Waals surface area contributed by atoms with Gasteiger partial charge in [0.15, 0.2) is 46.5 Å². The maximum Gasteiger partial charge on any atom is 0.200 e. The standard InChI is InChI=1S/C14H7F9N2/c1-25(2)14-10(22)8(20)13(9(21)11(14)23)24-12-6(18)4(16)3(15)5(17)7(12)19/h24H,1-2H3. The summed E-state index contributed by atoms with van der Waals surface area (Å²) in [4.78, 5) is 0.680. The fourth-order valence-corrected chi connectivity index (χ4v) is 1.96. The van der Waals surface area contributed by atoms with Crippen LogP contribution >= 0.6 is 0 Å². The minimum atomic E-state index is -2.51. The maximum atomic E-state index is 13.9. The molecular formula is C14H7F9N2. The SMILES string of the molecule is CN(C)c1c(F)c(F)c(Nc2c(F)c(F)c(F)c(F)c2F)c(F)c1F. The molecular weight excluding hydrogens is 367 g/mol. The second kappa shape index (κ2) is 6.37. The first kappa shape index (κ1) is 18.7. The van der Waals surface area contributed by atoms with Crippen molar-refractivity contribution in [1.29, 1.82) is 0 Å². The van der Waals surface area contributed by atoms with Crippen LogP contribution < -0.4 is 10.2 Å². The van der Waals surface area contributed by atoms with Gasteiger partial charge in [0.05, 0.1) is 0 Å². The minimum Gasteiger partial charge on any atom is -0.373 e. The van der Waals surface area contributed by atoms with Crippen molar-refractivity contribution in [2.75, 3.05) is 24.3 Å². The summed E-state index contributed by atoms with van der Waals surface area (Å²) in [6.45, 7) is 0. The first-order valence-corrected chi connectivity index (χ1v) is 6.32. The van der Waals surface area contributed by atoms with Gasteiger partial charge in [0.1, 0.15) is 17.1 Å². The average Bonchev–Trinajstić information content (AvgIpc) is 2.55. The normalized spacial score (nSPS) is 11.0. The maximum absolute atomic E-state index is 13.9. The van der Waals surface area contributed by atoms with Crippen molar-refractivity contribution in [2.45, 2.75) is 0 Å². The Balaban J connectivity index is 2.72. The van der Waals surface area contributed by atoms with Crippen molar-refractivity contribution in [3.05, 3.63) is 52.4 Å². The van der Waals surface area contributed by atoms with E-state index in [2.05, 4.69) is 0 Å². The Morgan fingerprint density at radius 2 is 0.760 bits per heavy atom. The molecule has 0 unspecified atom stereocenters. The Kier molecular flexibility index (Phi) is 4.78. The van der Waals surface area contributed by atoms with Crippen LogP contribution in [0.1, 0.15) is 0 Å². The predicted octanol–water partition coefficient (Wildman–Crippen LogP) is 4.75. The number of rotatable bonds is 3. The van der Waals surface area contributed by atoms with Crippen molar-refractivity contribution in [3.63, 3.8) is 0 Å². The molecule has 25 heavy (non-hydrogen) atoms. The van der Waals surface area contributed by atoms with Crippen LogP contribution in [0.15, 0.2) is 0 Å². The fourth-order valence-electron chi connectivity index (χ4n) is 1.96. The Hall–Kier alpha value is -2.59. The molecule has 0 amide bonds. The fraction of sp³-hybridized carbons (Fsp3) is 0.143. The lowest BCUT2D eigenvalue weighted by Gasteiger charge is -2.18. The molecule has 2 aromatic rings. The summed E-state index contributed by atoms with van der Waals surface area (Å²) < 4.78 is 122. The zero-order valence-corrected chi connectivity index (χ0v) is 12.3. The molecule has 2 aromatic carbocycles. The highest BCUT2D eigenvalue weighted by Gasteiger charge is 2.31. The molecule has 0 aliphatic heterocycles. The second-order valence-electron chi connectivity index (χ2n) is 4.94. The van der Waals surface area contributed by atoms with Crippen LogP contribution in [-0.2, 0) is 0 Å². The van der Waals surface area contributed by atoms with E-state index in [1.807, 2.05) is 0 Å². The number of benzene rings is 2. The molecule has 0 spiro atoms. The second-order valence-corrected chi connectivity index (χ2v) is 4.94. The molecule has 0 saturated heterocycles. The topological polar surface area (TPSA) is 15.3 Å². The molecule has 11 heteroatoms. The van der Waals surface area contributed by atoms with Gasteiger partial charge in [-0.1, -0.05) is 0 Å². The van der Waals surface area contributed by atoms with Gasteiger partial charge < -0.3 is 10.2 Å². The molecule has 2 nitrogen and oxygen atoms in total. The molecule has 0 saturated carbocycles. The van der Waals surface area contributed by atoms with Gasteiger partial charge in [-0.2, -0.15) is 0 Å². The zero-order valence-electron chi connectivity index (χ0n) is 12.3. The van der Waals surface area contributed by atoms with Crippen molar-refractivity contribution in [2.24, 2.45) is 0 Å². The number of hydrogen-bond acceptors (Lipinski definition) is 2. The van der Waals surface area contributed by atoms with Gasteiger partial charge in [-0.25, -0.2) is 39.5 Å². The molecule has 0 aromatic heterocycles. The number of nitrogens with one attached hydrogen (secondary N) is 1. The van der Waals surface area contributed by atoms with Crippen molar-refractivity contribution in [1.82, 2.24) is 0 Å². The summed E-state index contributed by atoms with van der Waals surface area (Å²) in [6.07, 6.45) is 0. The third-order valence-electron chi connectivity index (χ3n) is 3.15. The first-order chi connectivity index (χ1) is 11.5. The van der Waals surface area contributed by atoms with Gasteiger partial charge in [0, 0.05) is 14.1 Å². The van der Waals surface area contributed by atoms with E-state index < -0.39 is 69.4 Å². The largest absolute Gasteiger partial charge is 0.373 e. The lowest BCUT2D eigenvalue weighted by atomic mass is 10.2. The Labute approximate surface area is 134 Å². The quantitative estimate of drug-likeness (QED) is 0.474. The first-order valence-electron chi connectivity index (χ1n) is 6.32. The highest BCUT2D eigenvalue weighted by atomic mass is 19.2. The molecule has 0 bridgehead atoms. The van der Waals surface area contributed by atoms with E-state index in [0.29, 0.717) is 4.90 Å². The Bertz CT molecular complexity index is 806. The van der Waals surface area contributed by atoms with Crippen LogP contribution in [0.4, 0.5) is 56.6 Å². The van der Waals surface area contributed by atoms with E-state index in [1.54, 1.807) is 0 Å². The van der Waals surface area contributed by atoms with Gasteiger partial charge in [0.2, 0.25) is 5.82 Å². The zero-order chi connectivity index (χ0) is 19.2. The summed E-state index contributed by atoms with van der Waals surface area (Å²) in [5.74, 6) is -20.4. The summed E-state index contributed by atoms with van der Waals surface area (Å²) >= 11 is 0. The summed E-state index contributed by atoms with van der Waals surface area (Å²) in [6, 6.07) is 0. The third kappa shape index (κ3) is 2.83. The third-order valence-corrected chi connectivity index (χ3v) is 3.15. The highest BCUT2D eigenvalue weighted by Crippen LogP contribution is 2.36. The molecule has 0 radical (unpaired) electrons. The summed E-state index contributed by atoms with van der Waals surface area (Å²) in [5.41, 5.74) is -4.77. The lowest BCUT2D eigenvalue weighted by molar-refractivity contribution is 0.381. The van der Waals surface area contributed by atoms with Crippen LogP contribution in [-0.4, -0.2) is 14.1 Å². The average molecular weight is 374 g/mol. The van der Waals surface area contributed by atoms with Gasteiger partial charge in [-0.3, -0.25) is 0 Å². The van der Waals surface area contributed by atoms with E-state index >= 15 is 0 Å². The molecule has 0 aliphatic rings. The molecule has 1 N–H and O–H groups in total. The minimum absolute atomic E-state index is 0.680. The van der Waals surface area contributed by atoms with Gasteiger partial charge >= 0.3 is 0 Å². The number of nitrogens with zero attached hydrogens (tertiary/aromatic N) is 1. The predicted molar refractivity (Wildman–Crippen MR) is 70.1 cm³/mol. The van der Waals surface area contributed by atoms with E-state index in [1.165, 1.54) is 5.32 Å². The van der Waals surface area contributed by atoms with Crippen molar-refractivity contribution in [3.8, 4) is 0 Å². The molecule has 0 fully saturated rings. The van der Waals surface area contributed by atoms with Crippen LogP contribution in [0.2, 0.25) is 0 Å². The van der Waals surface area contributed by atoms with E-state index in [9.17, 15) is 39.5 Å². The van der Waals surface area contributed by atoms with Crippen LogP contribution in [0, 0.1) is 52.4 Å². The lowest BCUT2D eigenvalue weighted by Crippen LogP contribution is -2.17. The molecule has 0 atom stereocenters. The van der Waals surface area contributed by atoms with E-state index in [4.69, 9.17) is 0 Å². The molecule has 2 rings (SSSR count). The summed E-state index contributed by atoms with van der Waals surface area (Å²) in [7, 11) is 2.11. The number of anilines is 3. The van der Waals surface area contributed by atoms with Crippen LogP contribution in [0.3, 0.4) is 0 Å².